The van der Waals surface area contributed by atoms with Gasteiger partial charge in [0.2, 0.25) is 0 Å². The summed E-state index contributed by atoms with van der Waals surface area (Å²) in [4.78, 5) is 0. The lowest BCUT2D eigenvalue weighted by Crippen LogP contribution is -2.47. The van der Waals surface area contributed by atoms with E-state index in [0.29, 0.717) is 0 Å². The summed E-state index contributed by atoms with van der Waals surface area (Å²) in [5, 5.41) is 2.16. The van der Waals surface area contributed by atoms with Crippen molar-refractivity contribution in [1.29, 1.82) is 0 Å². The monoisotopic (exact) mass is 238 g/mol. The van der Waals surface area contributed by atoms with Gasteiger partial charge in [0.05, 0.1) is 13.2 Å². The average molecular weight is 238 g/mol. The molecule has 94 valence electrons. The Morgan fingerprint density at radius 3 is 2.82 bits per heavy atom. The summed E-state index contributed by atoms with van der Waals surface area (Å²) in [6, 6.07) is 6.97. The first-order valence-corrected chi connectivity index (χ1v) is 6.14. The number of benzene rings is 1. The maximum Gasteiger partial charge on any atom is 0.123 e. The minimum Gasteiger partial charge on any atom is -0.379 e. The second-order valence-electron chi connectivity index (χ2n) is 4.24. The summed E-state index contributed by atoms with van der Waals surface area (Å²) >= 11 is 0. The van der Waals surface area contributed by atoms with Gasteiger partial charge in [-0.25, -0.2) is 14.8 Å². The molecule has 0 amide bonds. The van der Waals surface area contributed by atoms with Crippen molar-refractivity contribution in [2.45, 2.75) is 19.4 Å². The maximum absolute atomic E-state index is 13.2. The maximum atomic E-state index is 13.2. The van der Waals surface area contributed by atoms with E-state index in [0.717, 1.165) is 38.3 Å². The smallest absolute Gasteiger partial charge is 0.123 e. The third-order valence-electron chi connectivity index (χ3n) is 3.01. The molecule has 0 spiro atoms. The van der Waals surface area contributed by atoms with Gasteiger partial charge in [-0.2, -0.15) is 0 Å². The van der Waals surface area contributed by atoms with Gasteiger partial charge >= 0.3 is 0 Å². The number of halogens is 1. The molecule has 1 saturated heterocycles. The molecule has 1 N–H and O–H groups in total. The molecule has 1 unspecified atom stereocenters. The lowest BCUT2D eigenvalue weighted by Gasteiger charge is -2.31. The van der Waals surface area contributed by atoms with Crippen LogP contribution in [0.5, 0.6) is 0 Å². The van der Waals surface area contributed by atoms with Gasteiger partial charge in [-0.05, 0) is 24.1 Å². The standard InChI is InChI=1S/C13H19FN2O/c1-2-13(11-4-3-5-12(14)10-11)15-16-6-8-17-9-7-16/h3-5,10,13,15H,2,6-9H2,1H3. The third-order valence-corrected chi connectivity index (χ3v) is 3.01. The van der Waals surface area contributed by atoms with Gasteiger partial charge in [0, 0.05) is 19.1 Å². The topological polar surface area (TPSA) is 24.5 Å². The van der Waals surface area contributed by atoms with Crippen LogP contribution in [0.1, 0.15) is 24.9 Å². The second kappa shape index (κ2) is 6.10. The number of nitrogens with one attached hydrogen (secondary N) is 1. The molecule has 1 fully saturated rings. The molecular weight excluding hydrogens is 219 g/mol. The van der Waals surface area contributed by atoms with E-state index in [1.165, 1.54) is 6.07 Å². The Morgan fingerprint density at radius 1 is 1.41 bits per heavy atom. The van der Waals surface area contributed by atoms with E-state index in [1.54, 1.807) is 12.1 Å². The van der Waals surface area contributed by atoms with Crippen molar-refractivity contribution in [2.24, 2.45) is 0 Å². The molecule has 0 aromatic heterocycles. The lowest BCUT2D eigenvalue weighted by atomic mass is 10.1. The van der Waals surface area contributed by atoms with Gasteiger partial charge in [-0.15, -0.1) is 0 Å². The summed E-state index contributed by atoms with van der Waals surface area (Å²) in [5.74, 6) is -0.176. The van der Waals surface area contributed by atoms with Gasteiger partial charge in [-0.1, -0.05) is 19.1 Å². The molecule has 1 atom stereocenters. The molecule has 1 aliphatic heterocycles. The van der Waals surface area contributed by atoms with Crippen LogP contribution in [0.25, 0.3) is 0 Å². The van der Waals surface area contributed by atoms with Crippen molar-refractivity contribution in [2.75, 3.05) is 26.3 Å². The molecule has 1 aliphatic rings. The highest BCUT2D eigenvalue weighted by Crippen LogP contribution is 2.18. The molecule has 2 rings (SSSR count). The molecular formula is C13H19FN2O. The van der Waals surface area contributed by atoms with Crippen LogP contribution in [0.4, 0.5) is 4.39 Å². The normalized spacial score (nSPS) is 19.2. The van der Waals surface area contributed by atoms with Gasteiger partial charge < -0.3 is 4.74 Å². The van der Waals surface area contributed by atoms with Crippen molar-refractivity contribution in [3.63, 3.8) is 0 Å². The van der Waals surface area contributed by atoms with E-state index in [4.69, 9.17) is 4.74 Å². The summed E-state index contributed by atoms with van der Waals surface area (Å²) in [6.45, 7) is 5.37. The van der Waals surface area contributed by atoms with Gasteiger partial charge in [-0.3, -0.25) is 0 Å². The molecule has 1 aromatic carbocycles. The first-order chi connectivity index (χ1) is 8.29. The number of ether oxygens (including phenoxy) is 1. The van der Waals surface area contributed by atoms with Crippen molar-refractivity contribution >= 4 is 0 Å². The number of nitrogens with zero attached hydrogens (tertiary/aromatic N) is 1. The van der Waals surface area contributed by atoms with E-state index >= 15 is 0 Å². The molecule has 0 radical (unpaired) electrons. The van der Waals surface area contributed by atoms with Crippen LogP contribution in [0, 0.1) is 5.82 Å². The zero-order valence-electron chi connectivity index (χ0n) is 10.2. The molecule has 17 heavy (non-hydrogen) atoms. The Balaban J connectivity index is 2.00. The van der Waals surface area contributed by atoms with Crippen LogP contribution in [-0.2, 0) is 4.74 Å². The fourth-order valence-electron chi connectivity index (χ4n) is 2.04. The van der Waals surface area contributed by atoms with Gasteiger partial charge in [0.15, 0.2) is 0 Å². The third kappa shape index (κ3) is 3.49. The molecule has 1 heterocycles. The zero-order valence-corrected chi connectivity index (χ0v) is 10.2. The van der Waals surface area contributed by atoms with Crippen LogP contribution < -0.4 is 5.43 Å². The van der Waals surface area contributed by atoms with Crippen molar-refractivity contribution < 1.29 is 9.13 Å². The van der Waals surface area contributed by atoms with Crippen LogP contribution in [0.2, 0.25) is 0 Å². The van der Waals surface area contributed by atoms with Crippen LogP contribution in [0.3, 0.4) is 0 Å². The predicted octanol–water partition coefficient (Wildman–Crippen LogP) is 2.11. The lowest BCUT2D eigenvalue weighted by molar-refractivity contribution is 0.00296. The minimum absolute atomic E-state index is 0.170. The van der Waals surface area contributed by atoms with Gasteiger partial charge in [0.1, 0.15) is 5.82 Å². The van der Waals surface area contributed by atoms with E-state index in [1.807, 2.05) is 6.07 Å². The molecule has 0 aliphatic carbocycles. The molecule has 3 nitrogen and oxygen atoms in total. The number of morpholine rings is 1. The van der Waals surface area contributed by atoms with Crippen LogP contribution >= 0.6 is 0 Å². The summed E-state index contributed by atoms with van der Waals surface area (Å²) in [6.07, 6.45) is 0.931. The van der Waals surface area contributed by atoms with Crippen molar-refractivity contribution in [3.05, 3.63) is 35.6 Å². The van der Waals surface area contributed by atoms with E-state index in [-0.39, 0.29) is 11.9 Å². The van der Waals surface area contributed by atoms with E-state index in [2.05, 4.69) is 17.4 Å². The first-order valence-electron chi connectivity index (χ1n) is 6.14. The molecule has 0 bridgehead atoms. The predicted molar refractivity (Wildman–Crippen MR) is 65.0 cm³/mol. The van der Waals surface area contributed by atoms with Crippen LogP contribution in [-0.4, -0.2) is 31.3 Å². The summed E-state index contributed by atoms with van der Waals surface area (Å²) in [5.41, 5.74) is 4.43. The molecule has 0 saturated carbocycles. The largest absolute Gasteiger partial charge is 0.379 e. The van der Waals surface area contributed by atoms with Gasteiger partial charge in [0.25, 0.3) is 0 Å². The highest BCUT2D eigenvalue weighted by molar-refractivity contribution is 5.19. The minimum atomic E-state index is -0.176. The zero-order chi connectivity index (χ0) is 12.1. The number of hydrogen-bond donors (Lipinski definition) is 1. The number of hydrogen-bond acceptors (Lipinski definition) is 3. The SMILES string of the molecule is CCC(NN1CCOCC1)c1cccc(F)c1. The fourth-order valence-corrected chi connectivity index (χ4v) is 2.04. The first kappa shape index (κ1) is 12.5. The molecule has 1 aromatic rings. The quantitative estimate of drug-likeness (QED) is 0.869. The Hall–Kier alpha value is -0.970. The van der Waals surface area contributed by atoms with E-state index in [9.17, 15) is 4.39 Å². The second-order valence-corrected chi connectivity index (χ2v) is 4.24. The van der Waals surface area contributed by atoms with Crippen LogP contribution in [0.15, 0.2) is 24.3 Å². The number of rotatable bonds is 4. The summed E-state index contributed by atoms with van der Waals surface area (Å²) in [7, 11) is 0. The fraction of sp³-hybridized carbons (Fsp3) is 0.538. The highest BCUT2D eigenvalue weighted by atomic mass is 19.1. The van der Waals surface area contributed by atoms with E-state index < -0.39 is 0 Å². The Labute approximate surface area is 102 Å². The van der Waals surface area contributed by atoms with Crippen molar-refractivity contribution in [1.82, 2.24) is 10.4 Å². The average Bonchev–Trinajstić information content (AvgIpc) is 2.37. The Morgan fingerprint density at radius 2 is 2.18 bits per heavy atom. The highest BCUT2D eigenvalue weighted by Gasteiger charge is 2.16. The van der Waals surface area contributed by atoms with Crippen molar-refractivity contribution in [3.8, 4) is 0 Å². The molecule has 4 heteroatoms. The Kier molecular flexibility index (Phi) is 4.48. The summed E-state index contributed by atoms with van der Waals surface area (Å²) < 4.78 is 18.5. The Bertz CT molecular complexity index is 353. The number of hydrazine groups is 1.